The van der Waals surface area contributed by atoms with Crippen molar-refractivity contribution in [3.8, 4) is 0 Å². The topological polar surface area (TPSA) is 63.6 Å². The van der Waals surface area contributed by atoms with Crippen LogP contribution in [0, 0.1) is 5.92 Å². The summed E-state index contributed by atoms with van der Waals surface area (Å²) in [6.45, 7) is 4.99. The summed E-state index contributed by atoms with van der Waals surface area (Å²) in [5.74, 6) is -1.60. The lowest BCUT2D eigenvalue weighted by molar-refractivity contribution is -0.161. The highest BCUT2D eigenvalue weighted by Crippen LogP contribution is 2.30. The minimum absolute atomic E-state index is 0.231. The average Bonchev–Trinajstić information content (AvgIpc) is 1.94. The molecular formula is C9H12O4. The fourth-order valence-corrected chi connectivity index (χ4v) is 1.12. The molecule has 1 saturated carbocycles. The van der Waals surface area contributed by atoms with Gasteiger partial charge in [-0.05, 0) is 19.8 Å². The van der Waals surface area contributed by atoms with Crippen molar-refractivity contribution in [3.63, 3.8) is 0 Å². The minimum Gasteiger partial charge on any atom is -0.481 e. The molecule has 0 radical (unpaired) electrons. The Morgan fingerprint density at radius 3 is 2.38 bits per heavy atom. The highest BCUT2D eigenvalue weighted by molar-refractivity contribution is 5.87. The number of ether oxygens (including phenoxy) is 1. The third-order valence-corrected chi connectivity index (χ3v) is 2.07. The Balaban J connectivity index is 2.26. The molecule has 0 saturated heterocycles. The van der Waals surface area contributed by atoms with Crippen LogP contribution in [0.1, 0.15) is 19.8 Å². The largest absolute Gasteiger partial charge is 0.481 e. The molecule has 0 aromatic heterocycles. The van der Waals surface area contributed by atoms with E-state index in [-0.39, 0.29) is 12.0 Å². The van der Waals surface area contributed by atoms with E-state index in [0.717, 1.165) is 0 Å². The lowest BCUT2D eigenvalue weighted by Gasteiger charge is -2.31. The van der Waals surface area contributed by atoms with Crippen molar-refractivity contribution in [1.29, 1.82) is 0 Å². The number of carbonyl (C=O) groups is 2. The zero-order valence-electron chi connectivity index (χ0n) is 7.45. The van der Waals surface area contributed by atoms with Gasteiger partial charge in [0.2, 0.25) is 0 Å². The molecule has 0 unspecified atom stereocenters. The van der Waals surface area contributed by atoms with Crippen LogP contribution in [0.4, 0.5) is 0 Å². The number of hydrogen-bond acceptors (Lipinski definition) is 3. The van der Waals surface area contributed by atoms with E-state index in [1.807, 2.05) is 0 Å². The summed E-state index contributed by atoms with van der Waals surface area (Å²) in [6.07, 6.45) is 0.619. The first-order valence-corrected chi connectivity index (χ1v) is 4.10. The van der Waals surface area contributed by atoms with E-state index in [1.165, 1.54) is 0 Å². The van der Waals surface area contributed by atoms with Crippen LogP contribution in [0.5, 0.6) is 0 Å². The number of carboxylic acids is 1. The van der Waals surface area contributed by atoms with Gasteiger partial charge in [0.1, 0.15) is 6.10 Å². The summed E-state index contributed by atoms with van der Waals surface area (Å²) < 4.78 is 4.93. The van der Waals surface area contributed by atoms with Gasteiger partial charge in [-0.25, -0.2) is 4.79 Å². The maximum Gasteiger partial charge on any atom is 0.333 e. The molecule has 0 aromatic rings. The summed E-state index contributed by atoms with van der Waals surface area (Å²) in [6, 6.07) is 0. The van der Waals surface area contributed by atoms with Crippen LogP contribution in [0.3, 0.4) is 0 Å². The molecule has 4 nitrogen and oxygen atoms in total. The predicted molar refractivity (Wildman–Crippen MR) is 45.1 cm³/mol. The Hall–Kier alpha value is -1.32. The third kappa shape index (κ3) is 2.31. The summed E-state index contributed by atoms with van der Waals surface area (Å²) in [4.78, 5) is 21.3. The molecule has 0 aromatic carbocycles. The van der Waals surface area contributed by atoms with Crippen molar-refractivity contribution in [3.05, 3.63) is 12.2 Å². The van der Waals surface area contributed by atoms with Crippen LogP contribution < -0.4 is 0 Å². The van der Waals surface area contributed by atoms with Crippen LogP contribution in [0.2, 0.25) is 0 Å². The number of carboxylic acid groups (broad SMARTS) is 1. The normalized spacial score (nSPS) is 25.9. The van der Waals surface area contributed by atoms with Gasteiger partial charge in [0.25, 0.3) is 0 Å². The molecule has 4 heteroatoms. The predicted octanol–water partition coefficient (Wildman–Crippen LogP) is 0.969. The summed E-state index contributed by atoms with van der Waals surface area (Å²) in [5, 5.41) is 8.54. The van der Waals surface area contributed by atoms with Gasteiger partial charge in [0.15, 0.2) is 0 Å². The van der Waals surface area contributed by atoms with Crippen molar-refractivity contribution in [2.75, 3.05) is 0 Å². The van der Waals surface area contributed by atoms with Gasteiger partial charge >= 0.3 is 11.9 Å². The molecule has 0 amide bonds. The van der Waals surface area contributed by atoms with Gasteiger partial charge in [-0.3, -0.25) is 4.79 Å². The molecule has 0 bridgehead atoms. The summed E-state index contributed by atoms with van der Waals surface area (Å²) in [7, 11) is 0. The van der Waals surface area contributed by atoms with Gasteiger partial charge in [-0.15, -0.1) is 0 Å². The van der Waals surface area contributed by atoms with Crippen molar-refractivity contribution < 1.29 is 19.4 Å². The molecule has 1 aliphatic carbocycles. The number of aliphatic carboxylic acids is 1. The Bertz CT molecular complexity index is 250. The summed E-state index contributed by atoms with van der Waals surface area (Å²) >= 11 is 0. The Labute approximate surface area is 76.2 Å². The molecule has 72 valence electrons. The van der Waals surface area contributed by atoms with Crippen LogP contribution in [0.15, 0.2) is 12.2 Å². The molecule has 0 atom stereocenters. The first-order valence-electron chi connectivity index (χ1n) is 4.10. The van der Waals surface area contributed by atoms with Crippen LogP contribution in [-0.2, 0) is 14.3 Å². The molecular weight excluding hydrogens is 172 g/mol. The first-order chi connectivity index (χ1) is 6.00. The zero-order valence-corrected chi connectivity index (χ0v) is 7.45. The van der Waals surface area contributed by atoms with Crippen molar-refractivity contribution in [1.82, 2.24) is 0 Å². The first kappa shape index (κ1) is 9.77. The van der Waals surface area contributed by atoms with E-state index in [2.05, 4.69) is 6.58 Å². The molecule has 1 aliphatic rings. The monoisotopic (exact) mass is 184 g/mol. The third-order valence-electron chi connectivity index (χ3n) is 2.07. The van der Waals surface area contributed by atoms with E-state index in [9.17, 15) is 9.59 Å². The molecule has 1 N–H and O–H groups in total. The van der Waals surface area contributed by atoms with E-state index in [4.69, 9.17) is 9.84 Å². The Kier molecular flexibility index (Phi) is 2.70. The molecule has 0 aliphatic heterocycles. The minimum atomic E-state index is -0.817. The van der Waals surface area contributed by atoms with Crippen LogP contribution >= 0.6 is 0 Å². The number of carbonyl (C=O) groups excluding carboxylic acids is 1. The number of rotatable bonds is 3. The quantitative estimate of drug-likeness (QED) is 0.524. The average molecular weight is 184 g/mol. The standard InChI is InChI=1S/C9H12O4/c1-5(2)9(12)13-7-3-6(4-7)8(10)11/h6-7H,1,3-4H2,2H3,(H,10,11). The lowest BCUT2D eigenvalue weighted by Crippen LogP contribution is -2.37. The fraction of sp³-hybridized carbons (Fsp3) is 0.556. The lowest BCUT2D eigenvalue weighted by atomic mass is 9.82. The number of hydrogen-bond donors (Lipinski definition) is 1. The second kappa shape index (κ2) is 3.60. The summed E-state index contributed by atoms with van der Waals surface area (Å²) in [5.41, 5.74) is 0.346. The van der Waals surface area contributed by atoms with Gasteiger partial charge < -0.3 is 9.84 Å². The van der Waals surface area contributed by atoms with Crippen molar-refractivity contribution >= 4 is 11.9 Å². The van der Waals surface area contributed by atoms with Gasteiger partial charge in [0, 0.05) is 5.57 Å². The van der Waals surface area contributed by atoms with E-state index >= 15 is 0 Å². The molecule has 1 rings (SSSR count). The van der Waals surface area contributed by atoms with Gasteiger partial charge in [-0.1, -0.05) is 6.58 Å². The highest BCUT2D eigenvalue weighted by Gasteiger charge is 2.36. The highest BCUT2D eigenvalue weighted by atomic mass is 16.5. The second-order valence-corrected chi connectivity index (χ2v) is 3.31. The molecule has 0 heterocycles. The van der Waals surface area contributed by atoms with Crippen molar-refractivity contribution in [2.45, 2.75) is 25.9 Å². The maximum atomic E-state index is 11.0. The SMILES string of the molecule is C=C(C)C(=O)OC1CC(C(=O)O)C1. The Morgan fingerprint density at radius 2 is 2.00 bits per heavy atom. The number of esters is 1. The van der Waals surface area contributed by atoms with Crippen LogP contribution in [0.25, 0.3) is 0 Å². The smallest absolute Gasteiger partial charge is 0.333 e. The van der Waals surface area contributed by atoms with Gasteiger partial charge in [0.05, 0.1) is 5.92 Å². The van der Waals surface area contributed by atoms with E-state index in [0.29, 0.717) is 18.4 Å². The molecule has 0 spiro atoms. The van der Waals surface area contributed by atoms with E-state index in [1.54, 1.807) is 6.92 Å². The van der Waals surface area contributed by atoms with Crippen molar-refractivity contribution in [2.24, 2.45) is 5.92 Å². The maximum absolute atomic E-state index is 11.0. The molecule has 1 fully saturated rings. The zero-order chi connectivity index (χ0) is 10.0. The molecule has 13 heavy (non-hydrogen) atoms. The Morgan fingerprint density at radius 1 is 1.46 bits per heavy atom. The van der Waals surface area contributed by atoms with Gasteiger partial charge in [-0.2, -0.15) is 0 Å². The second-order valence-electron chi connectivity index (χ2n) is 3.31. The fourth-order valence-electron chi connectivity index (χ4n) is 1.12. The van der Waals surface area contributed by atoms with E-state index < -0.39 is 11.9 Å². The van der Waals surface area contributed by atoms with Crippen LogP contribution in [-0.4, -0.2) is 23.1 Å².